The molecule has 0 radical (unpaired) electrons. The van der Waals surface area contributed by atoms with Gasteiger partial charge in [0.25, 0.3) is 0 Å². The summed E-state index contributed by atoms with van der Waals surface area (Å²) in [7, 11) is 0. The lowest BCUT2D eigenvalue weighted by Crippen LogP contribution is -2.31. The zero-order valence-electron chi connectivity index (χ0n) is 24.6. The van der Waals surface area contributed by atoms with E-state index in [9.17, 15) is 24.0 Å². The van der Waals surface area contributed by atoms with E-state index in [1.165, 1.54) is 6.07 Å². The van der Waals surface area contributed by atoms with Crippen molar-refractivity contribution < 1.29 is 28.7 Å². The van der Waals surface area contributed by atoms with E-state index in [1.807, 2.05) is 0 Å². The van der Waals surface area contributed by atoms with Gasteiger partial charge in [0.15, 0.2) is 23.1 Å². The van der Waals surface area contributed by atoms with Crippen LogP contribution >= 0.6 is 0 Å². The molecule has 0 bridgehead atoms. The Morgan fingerprint density at radius 3 is 1.66 bits per heavy atom. The summed E-state index contributed by atoms with van der Waals surface area (Å²) in [6, 6.07) is 3.00. The maximum atomic E-state index is 13.5. The van der Waals surface area contributed by atoms with Crippen molar-refractivity contribution in [2.75, 3.05) is 0 Å². The van der Waals surface area contributed by atoms with E-state index in [1.54, 1.807) is 82.2 Å². The summed E-state index contributed by atoms with van der Waals surface area (Å²) in [5, 5.41) is 0. The zero-order valence-corrected chi connectivity index (χ0v) is 24.6. The Labute approximate surface area is 225 Å². The third-order valence-corrected chi connectivity index (χ3v) is 6.07. The average Bonchev–Trinajstić information content (AvgIpc) is 3.37. The molecular weight excluding hydrogens is 484 g/mol. The third-order valence-electron chi connectivity index (χ3n) is 6.07. The average molecular weight is 527 g/mol. The topological polar surface area (TPSA) is 115 Å². The van der Waals surface area contributed by atoms with Crippen LogP contribution in [0.5, 0.6) is 0 Å². The van der Waals surface area contributed by atoms with Gasteiger partial charge in [0.2, 0.25) is 0 Å². The molecule has 0 unspecified atom stereocenters. The van der Waals surface area contributed by atoms with E-state index in [0.717, 1.165) is 4.57 Å². The van der Waals surface area contributed by atoms with Crippen LogP contribution in [-0.2, 0) is 11.2 Å². The molecule has 2 aromatic rings. The molecule has 0 aliphatic carbocycles. The lowest BCUT2D eigenvalue weighted by atomic mass is 9.96. The summed E-state index contributed by atoms with van der Waals surface area (Å²) in [5.41, 5.74) is 0.646. The standard InChI is InChI=1S/C30H42N2O6/c1-15(2)25(33)19-12-22(27(35)17(5)6)31-21(19)14-23-20(26(34)16(3)4)13-24(28(36)18(7)8)32(23)29(37)38-30(9,10)11/h12-13,15-18,31H,14H2,1-11H3. The fraction of sp³-hybridized carbons (Fsp3) is 0.567. The fourth-order valence-electron chi connectivity index (χ4n) is 4.02. The summed E-state index contributed by atoms with van der Waals surface area (Å²) >= 11 is 0. The lowest BCUT2D eigenvalue weighted by molar-refractivity contribution is 0.0522. The van der Waals surface area contributed by atoms with Gasteiger partial charge in [-0.1, -0.05) is 55.4 Å². The summed E-state index contributed by atoms with van der Waals surface area (Å²) in [6.07, 6.45) is -0.849. The quantitative estimate of drug-likeness (QED) is 0.351. The number of hydrogen-bond donors (Lipinski definition) is 1. The number of rotatable bonds is 10. The molecule has 8 nitrogen and oxygen atoms in total. The highest BCUT2D eigenvalue weighted by Crippen LogP contribution is 2.28. The number of hydrogen-bond acceptors (Lipinski definition) is 6. The first-order valence-electron chi connectivity index (χ1n) is 13.2. The number of carbonyl (C=O) groups excluding carboxylic acids is 5. The van der Waals surface area contributed by atoms with Gasteiger partial charge in [-0.15, -0.1) is 0 Å². The number of nitrogens with one attached hydrogen (secondary N) is 1. The van der Waals surface area contributed by atoms with Crippen LogP contribution in [0.1, 0.15) is 129 Å². The predicted octanol–water partition coefficient (Wildman–Crippen LogP) is 6.55. The van der Waals surface area contributed by atoms with Gasteiger partial charge in [-0.25, -0.2) is 9.36 Å². The molecule has 38 heavy (non-hydrogen) atoms. The predicted molar refractivity (Wildman–Crippen MR) is 146 cm³/mol. The number of aromatic amines is 1. The number of carbonyl (C=O) groups is 5. The van der Waals surface area contributed by atoms with E-state index < -0.39 is 23.5 Å². The number of ketones is 4. The minimum Gasteiger partial charge on any atom is -0.443 e. The van der Waals surface area contributed by atoms with Gasteiger partial charge in [0.1, 0.15) is 5.60 Å². The van der Waals surface area contributed by atoms with Crippen molar-refractivity contribution in [3.05, 3.63) is 46.0 Å². The minimum atomic E-state index is -0.860. The molecule has 208 valence electrons. The van der Waals surface area contributed by atoms with Crippen LogP contribution in [0.2, 0.25) is 0 Å². The van der Waals surface area contributed by atoms with Crippen LogP contribution in [0.3, 0.4) is 0 Å². The highest BCUT2D eigenvalue weighted by Gasteiger charge is 2.33. The van der Waals surface area contributed by atoms with E-state index in [4.69, 9.17) is 4.74 Å². The fourth-order valence-corrected chi connectivity index (χ4v) is 4.02. The summed E-state index contributed by atoms with van der Waals surface area (Å²) in [5.74, 6) is -2.41. The van der Waals surface area contributed by atoms with Crippen molar-refractivity contribution in [2.24, 2.45) is 23.7 Å². The minimum absolute atomic E-state index is 0.0509. The molecule has 0 atom stereocenters. The van der Waals surface area contributed by atoms with Crippen molar-refractivity contribution in [2.45, 2.75) is 88.2 Å². The van der Waals surface area contributed by atoms with Gasteiger partial charge in [0, 0.05) is 52.6 Å². The monoisotopic (exact) mass is 526 g/mol. The summed E-state index contributed by atoms with van der Waals surface area (Å²) < 4.78 is 6.81. The largest absolute Gasteiger partial charge is 0.443 e. The van der Waals surface area contributed by atoms with Crippen LogP contribution in [0, 0.1) is 23.7 Å². The number of ether oxygens (including phenoxy) is 1. The lowest BCUT2D eigenvalue weighted by Gasteiger charge is -2.22. The Kier molecular flexibility index (Phi) is 9.46. The molecule has 1 N–H and O–H groups in total. The van der Waals surface area contributed by atoms with Gasteiger partial charge in [-0.05, 0) is 32.9 Å². The van der Waals surface area contributed by atoms with Crippen molar-refractivity contribution in [3.8, 4) is 0 Å². The highest BCUT2D eigenvalue weighted by atomic mass is 16.6. The molecule has 0 aliphatic rings. The number of nitrogens with zero attached hydrogens (tertiary/aromatic N) is 1. The Morgan fingerprint density at radius 1 is 0.737 bits per heavy atom. The van der Waals surface area contributed by atoms with Crippen LogP contribution in [0.25, 0.3) is 0 Å². The van der Waals surface area contributed by atoms with Gasteiger partial charge in [-0.3, -0.25) is 19.2 Å². The Balaban J connectivity index is 2.91. The van der Waals surface area contributed by atoms with Crippen molar-refractivity contribution in [1.29, 1.82) is 0 Å². The number of Topliss-reactive ketones (excluding diaryl/α,β-unsaturated/α-hetero) is 4. The maximum Gasteiger partial charge on any atom is 0.419 e. The van der Waals surface area contributed by atoms with Crippen molar-refractivity contribution in [1.82, 2.24) is 9.55 Å². The molecular formula is C30H42N2O6. The summed E-state index contributed by atoms with van der Waals surface area (Å²) in [4.78, 5) is 69.1. The molecule has 0 fully saturated rings. The molecule has 0 saturated carbocycles. The molecule has 0 aromatic carbocycles. The van der Waals surface area contributed by atoms with Crippen LogP contribution in [-0.4, -0.2) is 44.4 Å². The molecule has 0 aliphatic heterocycles. The smallest absolute Gasteiger partial charge is 0.419 e. The second-order valence-corrected chi connectivity index (χ2v) is 12.0. The second kappa shape index (κ2) is 11.6. The summed E-state index contributed by atoms with van der Waals surface area (Å²) in [6.45, 7) is 19.1. The van der Waals surface area contributed by atoms with Gasteiger partial charge >= 0.3 is 6.09 Å². The molecule has 2 aromatic heterocycles. The van der Waals surface area contributed by atoms with E-state index in [2.05, 4.69) is 4.98 Å². The third kappa shape index (κ3) is 6.77. The SMILES string of the molecule is CC(C)C(=O)c1cc(C(=O)C(C)C)c(Cc2c(C(=O)C(C)C)cc(C(=O)C(C)C)n2C(=O)OC(C)(C)C)[nH]1. The first-order chi connectivity index (χ1) is 17.4. The van der Waals surface area contributed by atoms with E-state index in [-0.39, 0.29) is 64.0 Å². The molecule has 2 rings (SSSR count). The Hall–Kier alpha value is -3.29. The Morgan fingerprint density at radius 2 is 1.21 bits per heavy atom. The van der Waals surface area contributed by atoms with Crippen LogP contribution in [0.15, 0.2) is 12.1 Å². The second-order valence-electron chi connectivity index (χ2n) is 12.0. The van der Waals surface area contributed by atoms with Crippen LogP contribution < -0.4 is 0 Å². The first-order valence-corrected chi connectivity index (χ1v) is 13.2. The molecule has 0 spiro atoms. The normalized spacial score (nSPS) is 12.1. The Bertz CT molecular complexity index is 1250. The molecule has 0 saturated heterocycles. The molecule has 2 heterocycles. The maximum absolute atomic E-state index is 13.5. The van der Waals surface area contributed by atoms with Crippen LogP contribution in [0.4, 0.5) is 4.79 Å². The van der Waals surface area contributed by atoms with Crippen molar-refractivity contribution in [3.63, 3.8) is 0 Å². The number of aromatic nitrogens is 2. The molecule has 8 heteroatoms. The number of H-pyrrole nitrogens is 1. The highest BCUT2D eigenvalue weighted by molar-refractivity contribution is 6.06. The van der Waals surface area contributed by atoms with Crippen molar-refractivity contribution >= 4 is 29.2 Å². The zero-order chi connectivity index (χ0) is 29.3. The first kappa shape index (κ1) is 30.9. The van der Waals surface area contributed by atoms with Gasteiger partial charge in [-0.2, -0.15) is 0 Å². The van der Waals surface area contributed by atoms with E-state index in [0.29, 0.717) is 11.3 Å². The van der Waals surface area contributed by atoms with E-state index >= 15 is 0 Å². The van der Waals surface area contributed by atoms with Gasteiger partial charge < -0.3 is 9.72 Å². The van der Waals surface area contributed by atoms with Gasteiger partial charge in [0.05, 0.1) is 11.4 Å². The molecule has 0 amide bonds.